The maximum atomic E-state index is 12.5. The van der Waals surface area contributed by atoms with Crippen LogP contribution in [0, 0.1) is 0 Å². The summed E-state index contributed by atoms with van der Waals surface area (Å²) >= 11 is 0. The first-order valence-corrected chi connectivity index (χ1v) is 8.56. The molecule has 0 bridgehead atoms. The monoisotopic (exact) mass is 333 g/mol. The van der Waals surface area contributed by atoms with E-state index in [1.807, 2.05) is 38.1 Å². The number of rotatable bonds is 6. The predicted octanol–water partition coefficient (Wildman–Crippen LogP) is 1.74. The molecule has 1 aliphatic rings. The molecule has 1 aliphatic heterocycles. The largest absolute Gasteiger partial charge is 0.378 e. The van der Waals surface area contributed by atoms with Crippen LogP contribution in [0.1, 0.15) is 20.8 Å². The zero-order valence-electron chi connectivity index (χ0n) is 14.8. The number of nitrogens with zero attached hydrogens (tertiary/aromatic N) is 3. The first-order chi connectivity index (χ1) is 11.6. The highest BCUT2D eigenvalue weighted by atomic mass is 16.5. The van der Waals surface area contributed by atoms with Crippen molar-refractivity contribution in [2.24, 2.45) is 0 Å². The van der Waals surface area contributed by atoms with Gasteiger partial charge in [0.05, 0.1) is 24.6 Å². The van der Waals surface area contributed by atoms with Crippen LogP contribution in [0.3, 0.4) is 0 Å². The lowest BCUT2D eigenvalue weighted by Crippen LogP contribution is -2.43. The van der Waals surface area contributed by atoms with Gasteiger partial charge in [-0.2, -0.15) is 0 Å². The van der Waals surface area contributed by atoms with Gasteiger partial charge in [0.2, 0.25) is 11.8 Å². The van der Waals surface area contributed by atoms with Crippen LogP contribution in [0.5, 0.6) is 0 Å². The summed E-state index contributed by atoms with van der Waals surface area (Å²) < 4.78 is 5.41. The number of carbonyl (C=O) groups is 2. The van der Waals surface area contributed by atoms with Gasteiger partial charge in [-0.1, -0.05) is 12.1 Å². The lowest BCUT2D eigenvalue weighted by molar-refractivity contribution is -0.130. The fraction of sp³-hybridized carbons (Fsp3) is 0.556. The molecular weight excluding hydrogens is 306 g/mol. The number of anilines is 2. The summed E-state index contributed by atoms with van der Waals surface area (Å²) in [5.74, 6) is -0.164. The van der Waals surface area contributed by atoms with Crippen LogP contribution in [0.15, 0.2) is 24.3 Å². The Bertz CT molecular complexity index is 566. The smallest absolute Gasteiger partial charge is 0.242 e. The molecule has 6 heteroatoms. The zero-order chi connectivity index (χ0) is 17.5. The Morgan fingerprint density at radius 1 is 1.12 bits per heavy atom. The molecule has 1 aromatic rings. The molecule has 6 nitrogen and oxygen atoms in total. The minimum absolute atomic E-state index is 0.0352. The number of amides is 2. The number of para-hydroxylation sites is 2. The topological polar surface area (TPSA) is 53.1 Å². The minimum Gasteiger partial charge on any atom is -0.378 e. The number of hydrogen-bond donors (Lipinski definition) is 0. The van der Waals surface area contributed by atoms with Crippen molar-refractivity contribution in [1.29, 1.82) is 0 Å². The second kappa shape index (κ2) is 8.68. The Morgan fingerprint density at radius 3 is 2.33 bits per heavy atom. The normalized spacial score (nSPS) is 14.4. The lowest BCUT2D eigenvalue weighted by atomic mass is 10.2. The molecule has 0 atom stereocenters. The summed E-state index contributed by atoms with van der Waals surface area (Å²) in [5, 5.41) is 0. The molecule has 0 saturated carbocycles. The maximum absolute atomic E-state index is 12.5. The Morgan fingerprint density at radius 2 is 1.75 bits per heavy atom. The van der Waals surface area contributed by atoms with E-state index in [4.69, 9.17) is 4.74 Å². The summed E-state index contributed by atoms with van der Waals surface area (Å²) in [4.78, 5) is 30.2. The third-order valence-corrected chi connectivity index (χ3v) is 4.31. The van der Waals surface area contributed by atoms with Crippen LogP contribution in [0.25, 0.3) is 0 Å². The molecule has 1 fully saturated rings. The van der Waals surface area contributed by atoms with E-state index in [0.29, 0.717) is 26.3 Å². The van der Waals surface area contributed by atoms with E-state index in [1.165, 1.54) is 6.92 Å². The van der Waals surface area contributed by atoms with E-state index in [-0.39, 0.29) is 18.4 Å². The Labute approximate surface area is 144 Å². The summed E-state index contributed by atoms with van der Waals surface area (Å²) in [6.45, 7) is 9.67. The number of likely N-dealkylation sites (N-methyl/N-ethyl adjacent to an activating group) is 1. The second-order valence-electron chi connectivity index (χ2n) is 5.76. The predicted molar refractivity (Wildman–Crippen MR) is 95.4 cm³/mol. The molecule has 1 saturated heterocycles. The first-order valence-electron chi connectivity index (χ1n) is 8.56. The summed E-state index contributed by atoms with van der Waals surface area (Å²) in [7, 11) is 0. The van der Waals surface area contributed by atoms with E-state index in [1.54, 1.807) is 9.80 Å². The van der Waals surface area contributed by atoms with Gasteiger partial charge in [-0.25, -0.2) is 0 Å². The van der Waals surface area contributed by atoms with E-state index < -0.39 is 0 Å². The number of morpholine rings is 1. The van der Waals surface area contributed by atoms with Gasteiger partial charge < -0.3 is 19.4 Å². The zero-order valence-corrected chi connectivity index (χ0v) is 14.8. The molecule has 0 spiro atoms. The van der Waals surface area contributed by atoms with E-state index in [9.17, 15) is 9.59 Å². The van der Waals surface area contributed by atoms with Crippen molar-refractivity contribution >= 4 is 23.2 Å². The fourth-order valence-corrected chi connectivity index (χ4v) is 2.94. The van der Waals surface area contributed by atoms with Gasteiger partial charge in [-0.3, -0.25) is 9.59 Å². The van der Waals surface area contributed by atoms with Crippen molar-refractivity contribution in [1.82, 2.24) is 4.90 Å². The molecule has 1 aromatic carbocycles. The third kappa shape index (κ3) is 4.26. The molecule has 0 unspecified atom stereocenters. The van der Waals surface area contributed by atoms with E-state index in [0.717, 1.165) is 24.5 Å². The van der Waals surface area contributed by atoms with Gasteiger partial charge in [0.25, 0.3) is 0 Å². The Balaban J connectivity index is 2.27. The molecule has 132 valence electrons. The average Bonchev–Trinajstić information content (AvgIpc) is 2.61. The van der Waals surface area contributed by atoms with Crippen molar-refractivity contribution in [3.05, 3.63) is 24.3 Å². The molecule has 24 heavy (non-hydrogen) atoms. The van der Waals surface area contributed by atoms with Gasteiger partial charge in [0.1, 0.15) is 6.54 Å². The van der Waals surface area contributed by atoms with Crippen LogP contribution in [0.4, 0.5) is 11.4 Å². The van der Waals surface area contributed by atoms with Crippen molar-refractivity contribution in [3.63, 3.8) is 0 Å². The second-order valence-corrected chi connectivity index (χ2v) is 5.76. The summed E-state index contributed by atoms with van der Waals surface area (Å²) in [6.07, 6.45) is 0. The van der Waals surface area contributed by atoms with Crippen molar-refractivity contribution in [3.8, 4) is 0 Å². The quantitative estimate of drug-likeness (QED) is 0.796. The number of carbonyl (C=O) groups excluding carboxylic acids is 2. The van der Waals surface area contributed by atoms with E-state index in [2.05, 4.69) is 4.90 Å². The third-order valence-electron chi connectivity index (χ3n) is 4.31. The number of ether oxygens (including phenoxy) is 1. The van der Waals surface area contributed by atoms with Gasteiger partial charge in [0.15, 0.2) is 0 Å². The van der Waals surface area contributed by atoms with Crippen LogP contribution in [-0.2, 0) is 14.3 Å². The molecule has 1 heterocycles. The molecule has 2 rings (SSSR count). The molecule has 2 amide bonds. The average molecular weight is 333 g/mol. The Hall–Kier alpha value is -2.08. The van der Waals surface area contributed by atoms with Crippen molar-refractivity contribution < 1.29 is 14.3 Å². The van der Waals surface area contributed by atoms with Crippen LogP contribution in [0.2, 0.25) is 0 Å². The maximum Gasteiger partial charge on any atom is 0.242 e. The highest BCUT2D eigenvalue weighted by Gasteiger charge is 2.23. The van der Waals surface area contributed by atoms with Gasteiger partial charge in [0, 0.05) is 33.1 Å². The molecule has 0 N–H and O–H groups in total. The number of hydrogen-bond acceptors (Lipinski definition) is 4. The first kappa shape index (κ1) is 18.3. The number of benzene rings is 1. The molecule has 0 aliphatic carbocycles. The fourth-order valence-electron chi connectivity index (χ4n) is 2.94. The SMILES string of the molecule is CCN(CC)C(=O)CN(C(C)=O)c1ccccc1N1CCOCC1. The van der Waals surface area contributed by atoms with Crippen LogP contribution in [-0.4, -0.2) is 62.7 Å². The van der Waals surface area contributed by atoms with Gasteiger partial charge >= 0.3 is 0 Å². The standard InChI is InChI=1S/C18H27N3O3/c1-4-19(5-2)18(23)14-21(15(3)22)17-9-7-6-8-16(17)20-10-12-24-13-11-20/h6-9H,4-5,10-14H2,1-3H3. The minimum atomic E-state index is -0.129. The molecular formula is C18H27N3O3. The highest BCUT2D eigenvalue weighted by molar-refractivity contribution is 6.00. The van der Waals surface area contributed by atoms with Crippen molar-refractivity contribution in [2.75, 3.05) is 55.7 Å². The van der Waals surface area contributed by atoms with Crippen molar-refractivity contribution in [2.45, 2.75) is 20.8 Å². The van der Waals surface area contributed by atoms with E-state index >= 15 is 0 Å². The molecule has 0 radical (unpaired) electrons. The van der Waals surface area contributed by atoms with Gasteiger partial charge in [-0.15, -0.1) is 0 Å². The van der Waals surface area contributed by atoms with Gasteiger partial charge in [-0.05, 0) is 26.0 Å². The molecule has 0 aromatic heterocycles. The summed E-state index contributed by atoms with van der Waals surface area (Å²) in [5.41, 5.74) is 1.76. The lowest BCUT2D eigenvalue weighted by Gasteiger charge is -2.33. The summed E-state index contributed by atoms with van der Waals surface area (Å²) in [6, 6.07) is 7.76. The van der Waals surface area contributed by atoms with Crippen LogP contribution >= 0.6 is 0 Å². The highest BCUT2D eigenvalue weighted by Crippen LogP contribution is 2.30. The Kier molecular flexibility index (Phi) is 6.61. The van der Waals surface area contributed by atoms with Crippen LogP contribution < -0.4 is 9.80 Å².